The fraction of sp³-hybridized carbons (Fsp3) is 0.333. The number of amides is 1. The number of hydrogen-bond donors (Lipinski definition) is 1. The maximum Gasteiger partial charge on any atom is 0.217 e. The second-order valence-corrected chi connectivity index (χ2v) is 4.74. The molecule has 0 aliphatic rings. The Bertz CT molecular complexity index is 565. The summed E-state index contributed by atoms with van der Waals surface area (Å²) in [5.41, 5.74) is 4.08. The first-order valence-electron chi connectivity index (χ1n) is 6.29. The predicted molar refractivity (Wildman–Crippen MR) is 73.6 cm³/mol. The van der Waals surface area contributed by atoms with Gasteiger partial charge in [0, 0.05) is 12.5 Å². The Kier molecular flexibility index (Phi) is 3.69. The van der Waals surface area contributed by atoms with Crippen LogP contribution in [0.2, 0.25) is 0 Å². The first-order chi connectivity index (χ1) is 8.99. The van der Waals surface area contributed by atoms with E-state index in [0.717, 1.165) is 28.1 Å². The van der Waals surface area contributed by atoms with Crippen molar-refractivity contribution < 1.29 is 9.32 Å². The molecule has 1 heterocycles. The molecule has 0 saturated carbocycles. The van der Waals surface area contributed by atoms with E-state index in [9.17, 15) is 4.79 Å². The number of carbonyl (C=O) groups excluding carboxylic acids is 1. The molecular weight excluding hydrogens is 240 g/mol. The van der Waals surface area contributed by atoms with Crippen LogP contribution >= 0.6 is 0 Å². The van der Waals surface area contributed by atoms with Crippen LogP contribution in [0.25, 0.3) is 11.1 Å². The van der Waals surface area contributed by atoms with Crippen LogP contribution in [0.5, 0.6) is 0 Å². The molecule has 0 radical (unpaired) electrons. The standard InChI is InChI=1S/C15H18N2O2/c1-9(16-12(4)18)13-5-7-14(8-6-13)15-10(2)17-19-11(15)3/h5-9H,1-4H3,(H,16,18). The summed E-state index contributed by atoms with van der Waals surface area (Å²) in [7, 11) is 0. The summed E-state index contributed by atoms with van der Waals surface area (Å²) in [6.45, 7) is 7.32. The van der Waals surface area contributed by atoms with E-state index in [1.54, 1.807) is 0 Å². The van der Waals surface area contributed by atoms with Gasteiger partial charge in [-0.15, -0.1) is 0 Å². The molecule has 2 aromatic rings. The third kappa shape index (κ3) is 2.84. The fourth-order valence-electron chi connectivity index (χ4n) is 2.22. The molecule has 0 bridgehead atoms. The summed E-state index contributed by atoms with van der Waals surface area (Å²) in [6.07, 6.45) is 0. The summed E-state index contributed by atoms with van der Waals surface area (Å²) in [5, 5.41) is 6.82. The van der Waals surface area contributed by atoms with Crippen molar-refractivity contribution in [2.45, 2.75) is 33.7 Å². The zero-order chi connectivity index (χ0) is 14.0. The molecule has 1 aromatic carbocycles. The van der Waals surface area contributed by atoms with Crippen LogP contribution in [0.1, 0.15) is 36.9 Å². The maximum atomic E-state index is 11.0. The van der Waals surface area contributed by atoms with Gasteiger partial charge in [0.1, 0.15) is 5.76 Å². The number of aryl methyl sites for hydroxylation is 2. The van der Waals surface area contributed by atoms with Gasteiger partial charge in [-0.2, -0.15) is 0 Å². The summed E-state index contributed by atoms with van der Waals surface area (Å²) < 4.78 is 5.17. The Balaban J connectivity index is 2.26. The molecule has 2 rings (SSSR count). The van der Waals surface area contributed by atoms with Crippen molar-refractivity contribution in [3.05, 3.63) is 41.3 Å². The largest absolute Gasteiger partial charge is 0.361 e. The molecule has 0 aliphatic carbocycles. The van der Waals surface area contributed by atoms with Crippen LogP contribution in [-0.2, 0) is 4.79 Å². The number of rotatable bonds is 3. The lowest BCUT2D eigenvalue weighted by Gasteiger charge is -2.13. The van der Waals surface area contributed by atoms with E-state index in [2.05, 4.69) is 10.5 Å². The van der Waals surface area contributed by atoms with Crippen molar-refractivity contribution in [3.63, 3.8) is 0 Å². The number of aromatic nitrogens is 1. The number of hydrogen-bond acceptors (Lipinski definition) is 3. The highest BCUT2D eigenvalue weighted by atomic mass is 16.5. The highest BCUT2D eigenvalue weighted by Gasteiger charge is 2.12. The van der Waals surface area contributed by atoms with E-state index in [-0.39, 0.29) is 11.9 Å². The number of benzene rings is 1. The third-order valence-corrected chi connectivity index (χ3v) is 3.15. The Hall–Kier alpha value is -2.10. The minimum Gasteiger partial charge on any atom is -0.361 e. The normalized spacial score (nSPS) is 12.2. The fourth-order valence-corrected chi connectivity index (χ4v) is 2.22. The van der Waals surface area contributed by atoms with Gasteiger partial charge in [-0.05, 0) is 31.9 Å². The van der Waals surface area contributed by atoms with Crippen LogP contribution < -0.4 is 5.32 Å². The molecule has 1 atom stereocenters. The Morgan fingerprint density at radius 3 is 2.37 bits per heavy atom. The van der Waals surface area contributed by atoms with E-state index >= 15 is 0 Å². The lowest BCUT2D eigenvalue weighted by atomic mass is 10.0. The van der Waals surface area contributed by atoms with E-state index in [1.165, 1.54) is 6.92 Å². The summed E-state index contributed by atoms with van der Waals surface area (Å²) >= 11 is 0. The molecule has 0 fully saturated rings. The second kappa shape index (κ2) is 5.26. The molecular formula is C15H18N2O2. The molecule has 1 aromatic heterocycles. The minimum absolute atomic E-state index is 0.0104. The van der Waals surface area contributed by atoms with Crippen molar-refractivity contribution in [1.82, 2.24) is 10.5 Å². The number of carbonyl (C=O) groups is 1. The average Bonchev–Trinajstić information content (AvgIpc) is 2.68. The molecule has 4 heteroatoms. The van der Waals surface area contributed by atoms with Gasteiger partial charge in [0.25, 0.3) is 0 Å². The quantitative estimate of drug-likeness (QED) is 0.920. The lowest BCUT2D eigenvalue weighted by molar-refractivity contribution is -0.119. The molecule has 0 spiro atoms. The van der Waals surface area contributed by atoms with Gasteiger partial charge in [-0.3, -0.25) is 4.79 Å². The van der Waals surface area contributed by atoms with Crippen LogP contribution in [0.15, 0.2) is 28.8 Å². The first-order valence-corrected chi connectivity index (χ1v) is 6.29. The van der Waals surface area contributed by atoms with Gasteiger partial charge in [-0.1, -0.05) is 29.4 Å². The molecule has 19 heavy (non-hydrogen) atoms. The van der Waals surface area contributed by atoms with E-state index < -0.39 is 0 Å². The third-order valence-electron chi connectivity index (χ3n) is 3.15. The number of nitrogens with zero attached hydrogens (tertiary/aromatic N) is 1. The maximum absolute atomic E-state index is 11.0. The molecule has 1 amide bonds. The molecule has 4 nitrogen and oxygen atoms in total. The van der Waals surface area contributed by atoms with Gasteiger partial charge in [0.15, 0.2) is 0 Å². The summed E-state index contributed by atoms with van der Waals surface area (Å²) in [5.74, 6) is 0.794. The van der Waals surface area contributed by atoms with Gasteiger partial charge in [0.05, 0.1) is 11.7 Å². The van der Waals surface area contributed by atoms with Crippen LogP contribution in [0.4, 0.5) is 0 Å². The van der Waals surface area contributed by atoms with Crippen molar-refractivity contribution in [3.8, 4) is 11.1 Å². The zero-order valence-electron chi connectivity index (χ0n) is 11.7. The predicted octanol–water partition coefficient (Wildman–Crippen LogP) is 3.16. The summed E-state index contributed by atoms with van der Waals surface area (Å²) in [6, 6.07) is 8.10. The Morgan fingerprint density at radius 1 is 1.26 bits per heavy atom. The monoisotopic (exact) mass is 258 g/mol. The smallest absolute Gasteiger partial charge is 0.217 e. The van der Waals surface area contributed by atoms with Gasteiger partial charge in [-0.25, -0.2) is 0 Å². The topological polar surface area (TPSA) is 55.1 Å². The van der Waals surface area contributed by atoms with Crippen LogP contribution in [-0.4, -0.2) is 11.1 Å². The van der Waals surface area contributed by atoms with Gasteiger partial charge >= 0.3 is 0 Å². The van der Waals surface area contributed by atoms with E-state index in [0.29, 0.717) is 0 Å². The van der Waals surface area contributed by atoms with E-state index in [1.807, 2.05) is 45.0 Å². The highest BCUT2D eigenvalue weighted by Crippen LogP contribution is 2.27. The first kappa shape index (κ1) is 13.3. The van der Waals surface area contributed by atoms with Crippen molar-refractivity contribution in [2.24, 2.45) is 0 Å². The van der Waals surface area contributed by atoms with E-state index in [4.69, 9.17) is 4.52 Å². The Morgan fingerprint density at radius 2 is 1.89 bits per heavy atom. The molecule has 0 aliphatic heterocycles. The van der Waals surface area contributed by atoms with Gasteiger partial charge < -0.3 is 9.84 Å². The van der Waals surface area contributed by atoms with Crippen LogP contribution in [0, 0.1) is 13.8 Å². The molecule has 1 N–H and O–H groups in total. The minimum atomic E-state index is -0.0256. The van der Waals surface area contributed by atoms with Crippen molar-refractivity contribution >= 4 is 5.91 Å². The average molecular weight is 258 g/mol. The summed E-state index contributed by atoms with van der Waals surface area (Å²) in [4.78, 5) is 11.0. The van der Waals surface area contributed by atoms with Crippen molar-refractivity contribution in [1.29, 1.82) is 0 Å². The molecule has 100 valence electrons. The van der Waals surface area contributed by atoms with Crippen LogP contribution in [0.3, 0.4) is 0 Å². The number of nitrogens with one attached hydrogen (secondary N) is 1. The Labute approximate surface area is 112 Å². The molecule has 1 unspecified atom stereocenters. The zero-order valence-corrected chi connectivity index (χ0v) is 11.7. The van der Waals surface area contributed by atoms with Crippen molar-refractivity contribution in [2.75, 3.05) is 0 Å². The SMILES string of the molecule is CC(=O)NC(C)c1ccc(-c2c(C)noc2C)cc1. The lowest BCUT2D eigenvalue weighted by Crippen LogP contribution is -2.23. The second-order valence-electron chi connectivity index (χ2n) is 4.74. The molecule has 0 saturated heterocycles. The van der Waals surface area contributed by atoms with Gasteiger partial charge in [0.2, 0.25) is 5.91 Å². The highest BCUT2D eigenvalue weighted by molar-refractivity contribution is 5.73.